The lowest BCUT2D eigenvalue weighted by Gasteiger charge is -2.26. The second-order valence-corrected chi connectivity index (χ2v) is 5.73. The zero-order valence-corrected chi connectivity index (χ0v) is 13.2. The minimum atomic E-state index is 0.179. The number of nitrogens with one attached hydrogen (secondary N) is 1. The Hall–Kier alpha value is -2.49. The molecule has 0 aromatic heterocycles. The first-order chi connectivity index (χ1) is 11.3. The highest BCUT2D eigenvalue weighted by atomic mass is 16.5. The summed E-state index contributed by atoms with van der Waals surface area (Å²) in [6.07, 6.45) is 2.92. The lowest BCUT2D eigenvalue weighted by atomic mass is 10.0. The molecule has 1 unspecified atom stereocenters. The standard InChI is InChI=1S/C19H23N3O/c20-19(21-13-6-9-15-7-2-1-3-8-15)22-17-12-14-23-18-11-5-4-10-16(17)18/h1-5,7-8,10-11,17H,6,9,12-14H2,(H3,20,21,22). The molecule has 120 valence electrons. The summed E-state index contributed by atoms with van der Waals surface area (Å²) in [5, 5.41) is 3.32. The largest absolute Gasteiger partial charge is 0.493 e. The molecule has 1 aliphatic heterocycles. The Labute approximate surface area is 137 Å². The summed E-state index contributed by atoms with van der Waals surface area (Å²) in [7, 11) is 0. The quantitative estimate of drug-likeness (QED) is 0.507. The van der Waals surface area contributed by atoms with Crippen LogP contribution in [0, 0.1) is 0 Å². The third-order valence-corrected chi connectivity index (χ3v) is 4.03. The lowest BCUT2D eigenvalue weighted by Crippen LogP contribution is -2.37. The van der Waals surface area contributed by atoms with E-state index in [1.54, 1.807) is 0 Å². The molecule has 3 N–H and O–H groups in total. The molecule has 0 saturated heterocycles. The third kappa shape index (κ3) is 4.25. The number of benzene rings is 2. The zero-order valence-electron chi connectivity index (χ0n) is 13.2. The van der Waals surface area contributed by atoms with Crippen LogP contribution in [0.25, 0.3) is 0 Å². The van der Waals surface area contributed by atoms with Crippen LogP contribution in [-0.2, 0) is 6.42 Å². The van der Waals surface area contributed by atoms with Crippen molar-refractivity contribution in [3.8, 4) is 5.75 Å². The molecule has 2 aromatic rings. The van der Waals surface area contributed by atoms with E-state index in [-0.39, 0.29) is 6.04 Å². The number of hydrogen-bond donors (Lipinski definition) is 2. The molecule has 0 radical (unpaired) electrons. The van der Waals surface area contributed by atoms with Crippen LogP contribution in [0.1, 0.15) is 30.0 Å². The molecule has 4 nitrogen and oxygen atoms in total. The van der Waals surface area contributed by atoms with Crippen LogP contribution in [0.2, 0.25) is 0 Å². The van der Waals surface area contributed by atoms with E-state index in [1.165, 1.54) is 5.56 Å². The van der Waals surface area contributed by atoms with Crippen LogP contribution in [0.3, 0.4) is 0 Å². The highest BCUT2D eigenvalue weighted by Gasteiger charge is 2.20. The molecule has 0 amide bonds. The molecular formula is C19H23N3O. The molecule has 0 spiro atoms. The summed E-state index contributed by atoms with van der Waals surface area (Å²) in [6.45, 7) is 1.44. The van der Waals surface area contributed by atoms with E-state index in [4.69, 9.17) is 10.5 Å². The van der Waals surface area contributed by atoms with Gasteiger partial charge in [0.25, 0.3) is 0 Å². The molecule has 0 aliphatic carbocycles. The fourth-order valence-corrected chi connectivity index (χ4v) is 2.84. The highest BCUT2D eigenvalue weighted by molar-refractivity contribution is 5.78. The van der Waals surface area contributed by atoms with Crippen molar-refractivity contribution in [2.75, 3.05) is 13.2 Å². The fourth-order valence-electron chi connectivity index (χ4n) is 2.84. The van der Waals surface area contributed by atoms with E-state index in [1.807, 2.05) is 24.3 Å². The van der Waals surface area contributed by atoms with Gasteiger partial charge in [-0.15, -0.1) is 0 Å². The predicted molar refractivity (Wildman–Crippen MR) is 93.7 cm³/mol. The zero-order chi connectivity index (χ0) is 15.9. The Balaban J connectivity index is 1.50. The van der Waals surface area contributed by atoms with E-state index < -0.39 is 0 Å². The van der Waals surface area contributed by atoms with Crippen LogP contribution >= 0.6 is 0 Å². The van der Waals surface area contributed by atoms with E-state index in [0.29, 0.717) is 12.6 Å². The van der Waals surface area contributed by atoms with Crippen LogP contribution in [-0.4, -0.2) is 19.1 Å². The Morgan fingerprint density at radius 3 is 2.78 bits per heavy atom. The highest BCUT2D eigenvalue weighted by Crippen LogP contribution is 2.31. The van der Waals surface area contributed by atoms with Gasteiger partial charge in [-0.25, -0.2) is 0 Å². The summed E-state index contributed by atoms with van der Waals surface area (Å²) in [6, 6.07) is 18.7. The number of aliphatic imine (C=N–C) groups is 1. The SMILES string of the molecule is NC(=NCCCc1ccccc1)NC1CCOc2ccccc21. The van der Waals surface area contributed by atoms with Gasteiger partial charge in [0.2, 0.25) is 0 Å². The van der Waals surface area contributed by atoms with Crippen molar-refractivity contribution in [3.63, 3.8) is 0 Å². The van der Waals surface area contributed by atoms with Gasteiger partial charge in [0.1, 0.15) is 5.75 Å². The molecule has 2 aromatic carbocycles. The number of rotatable bonds is 5. The molecule has 4 heteroatoms. The van der Waals surface area contributed by atoms with Crippen LogP contribution < -0.4 is 15.8 Å². The molecule has 1 atom stereocenters. The van der Waals surface area contributed by atoms with Crippen LogP contribution in [0.5, 0.6) is 5.75 Å². The second-order valence-electron chi connectivity index (χ2n) is 5.73. The maximum atomic E-state index is 6.04. The van der Waals surface area contributed by atoms with E-state index in [0.717, 1.165) is 37.1 Å². The number of aryl methyl sites for hydroxylation is 1. The van der Waals surface area contributed by atoms with E-state index >= 15 is 0 Å². The van der Waals surface area contributed by atoms with E-state index in [2.05, 4.69) is 40.6 Å². The number of ether oxygens (including phenoxy) is 1. The smallest absolute Gasteiger partial charge is 0.189 e. The van der Waals surface area contributed by atoms with Gasteiger partial charge in [0, 0.05) is 18.5 Å². The number of nitrogens with two attached hydrogens (primary N) is 1. The molecule has 23 heavy (non-hydrogen) atoms. The number of fused-ring (bicyclic) bond motifs is 1. The Morgan fingerprint density at radius 1 is 1.13 bits per heavy atom. The predicted octanol–water partition coefficient (Wildman–Crippen LogP) is 3.05. The van der Waals surface area contributed by atoms with Gasteiger partial charge in [-0.05, 0) is 24.5 Å². The number of nitrogens with zero attached hydrogens (tertiary/aromatic N) is 1. The molecule has 0 saturated carbocycles. The molecule has 1 heterocycles. The topological polar surface area (TPSA) is 59.6 Å². The van der Waals surface area contributed by atoms with Gasteiger partial charge < -0.3 is 15.8 Å². The van der Waals surface area contributed by atoms with Crippen molar-refractivity contribution in [1.29, 1.82) is 0 Å². The average Bonchev–Trinajstić information content (AvgIpc) is 2.60. The van der Waals surface area contributed by atoms with Gasteiger partial charge >= 0.3 is 0 Å². The molecule has 0 fully saturated rings. The first kappa shape index (κ1) is 15.4. The normalized spacial score (nSPS) is 17.2. The number of guanidine groups is 1. The summed E-state index contributed by atoms with van der Waals surface area (Å²) >= 11 is 0. The van der Waals surface area contributed by atoms with Crippen molar-refractivity contribution >= 4 is 5.96 Å². The lowest BCUT2D eigenvalue weighted by molar-refractivity contribution is 0.262. The summed E-state index contributed by atoms with van der Waals surface area (Å²) in [4.78, 5) is 4.45. The summed E-state index contributed by atoms with van der Waals surface area (Å²) < 4.78 is 5.66. The number of para-hydroxylation sites is 1. The first-order valence-corrected chi connectivity index (χ1v) is 8.15. The fraction of sp³-hybridized carbons (Fsp3) is 0.316. The first-order valence-electron chi connectivity index (χ1n) is 8.15. The van der Waals surface area contributed by atoms with E-state index in [9.17, 15) is 0 Å². The Bertz CT molecular complexity index is 655. The molecular weight excluding hydrogens is 286 g/mol. The van der Waals surface area contributed by atoms with Crippen molar-refractivity contribution < 1.29 is 4.74 Å². The average molecular weight is 309 g/mol. The molecule has 3 rings (SSSR count). The number of hydrogen-bond acceptors (Lipinski definition) is 2. The van der Waals surface area contributed by atoms with Crippen LogP contribution in [0.15, 0.2) is 59.6 Å². The Morgan fingerprint density at radius 2 is 1.91 bits per heavy atom. The van der Waals surface area contributed by atoms with Gasteiger partial charge in [-0.1, -0.05) is 48.5 Å². The van der Waals surface area contributed by atoms with Gasteiger partial charge in [0.15, 0.2) is 5.96 Å². The van der Waals surface area contributed by atoms with Gasteiger partial charge in [-0.3, -0.25) is 4.99 Å². The maximum absolute atomic E-state index is 6.04. The Kier molecular flexibility index (Phi) is 5.14. The van der Waals surface area contributed by atoms with Gasteiger partial charge in [0.05, 0.1) is 12.6 Å². The second kappa shape index (κ2) is 7.68. The minimum absolute atomic E-state index is 0.179. The third-order valence-electron chi connectivity index (χ3n) is 4.03. The minimum Gasteiger partial charge on any atom is -0.493 e. The van der Waals surface area contributed by atoms with Crippen molar-refractivity contribution in [1.82, 2.24) is 5.32 Å². The molecule has 1 aliphatic rings. The summed E-state index contributed by atoms with van der Waals surface area (Å²) in [5.41, 5.74) is 8.53. The monoisotopic (exact) mass is 309 g/mol. The van der Waals surface area contributed by atoms with Gasteiger partial charge in [-0.2, -0.15) is 0 Å². The summed E-state index contributed by atoms with van der Waals surface area (Å²) in [5.74, 6) is 1.45. The van der Waals surface area contributed by atoms with Crippen molar-refractivity contribution in [2.45, 2.75) is 25.3 Å². The van der Waals surface area contributed by atoms with Crippen LogP contribution in [0.4, 0.5) is 0 Å². The molecule has 0 bridgehead atoms. The van der Waals surface area contributed by atoms with Crippen molar-refractivity contribution in [3.05, 3.63) is 65.7 Å². The van der Waals surface area contributed by atoms with Crippen molar-refractivity contribution in [2.24, 2.45) is 10.7 Å². The maximum Gasteiger partial charge on any atom is 0.189 e.